The summed E-state index contributed by atoms with van der Waals surface area (Å²) in [6.45, 7) is 6.17. The molecule has 6 heterocycles. The number of aryl methyl sites for hydroxylation is 1. The Morgan fingerprint density at radius 3 is 2.71 bits per heavy atom. The number of halogens is 2. The lowest BCUT2D eigenvalue weighted by atomic mass is 9.86. The Morgan fingerprint density at radius 2 is 2.00 bits per heavy atom. The van der Waals surface area contributed by atoms with Crippen LogP contribution in [0.3, 0.4) is 0 Å². The first-order valence-corrected chi connectivity index (χ1v) is 15.9. The van der Waals surface area contributed by atoms with E-state index in [1.807, 2.05) is 17.9 Å². The van der Waals surface area contributed by atoms with Gasteiger partial charge in [-0.1, -0.05) is 12.0 Å². The molecule has 0 saturated carbocycles. The number of aromatic nitrogens is 4. The van der Waals surface area contributed by atoms with E-state index in [1.165, 1.54) is 50.5 Å². The van der Waals surface area contributed by atoms with E-state index in [4.69, 9.17) is 15.6 Å². The SMILES string of the molecule is C#Cc1c(F)ccc2cc(O)cc(-c3oc(=O)c4c(N5CC(c6ccncn6)C5C)nc(OC)nc4c3C)c12.FC1CC2CCCN2C1. The van der Waals surface area contributed by atoms with E-state index in [-0.39, 0.29) is 46.0 Å². The van der Waals surface area contributed by atoms with Gasteiger partial charge in [-0.3, -0.25) is 4.90 Å². The van der Waals surface area contributed by atoms with Gasteiger partial charge in [0.05, 0.1) is 23.9 Å². The fourth-order valence-electron chi connectivity index (χ4n) is 7.29. The van der Waals surface area contributed by atoms with Gasteiger partial charge in [0, 0.05) is 53.8 Å². The molecular weight excluding hydrogens is 618 g/mol. The largest absolute Gasteiger partial charge is 0.508 e. The second-order valence-corrected chi connectivity index (χ2v) is 12.5. The summed E-state index contributed by atoms with van der Waals surface area (Å²) in [5, 5.41) is 11.5. The Hall–Kier alpha value is -5.15. The van der Waals surface area contributed by atoms with Crippen LogP contribution in [-0.2, 0) is 0 Å². The molecule has 4 atom stereocenters. The molecule has 3 fully saturated rings. The van der Waals surface area contributed by atoms with Gasteiger partial charge in [0.2, 0.25) is 0 Å². The molecule has 246 valence electrons. The van der Waals surface area contributed by atoms with Crippen LogP contribution in [0, 0.1) is 25.1 Å². The summed E-state index contributed by atoms with van der Waals surface area (Å²) in [6.07, 6.45) is 11.7. The summed E-state index contributed by atoms with van der Waals surface area (Å²) in [5.74, 6) is 2.29. The van der Waals surface area contributed by atoms with Crippen molar-refractivity contribution in [2.24, 2.45) is 0 Å². The maximum atomic E-state index is 14.7. The first-order chi connectivity index (χ1) is 23.2. The number of hydrogen-bond donors (Lipinski definition) is 1. The Kier molecular flexibility index (Phi) is 8.17. The Labute approximate surface area is 275 Å². The molecule has 48 heavy (non-hydrogen) atoms. The van der Waals surface area contributed by atoms with Gasteiger partial charge in [-0.05, 0) is 69.3 Å². The number of methoxy groups -OCH3 is 1. The summed E-state index contributed by atoms with van der Waals surface area (Å²) in [5.41, 5.74) is 1.28. The molecule has 3 saturated heterocycles. The number of ether oxygens (including phenoxy) is 1. The maximum absolute atomic E-state index is 14.7. The summed E-state index contributed by atoms with van der Waals surface area (Å²) in [4.78, 5) is 35.2. The van der Waals surface area contributed by atoms with Crippen molar-refractivity contribution < 1.29 is 23.0 Å². The standard InChI is InChI=1S/C29H22FN5O4.C7H12FN/c1-5-18-21(30)7-6-16-10-17(36)11-19(23(16)18)26-14(2)25-24(28(37)39-26)27(34-29(33-25)38-4)35-12-20(15(35)3)22-8-9-31-13-32-22;8-6-4-7-2-1-3-9(7)5-6/h1,6-11,13,15,20,36H,12H2,2-4H3;6-7H,1-5H2. The average Bonchev–Trinajstić information content (AvgIpc) is 3.67. The number of alkyl halides is 1. The third-order valence-corrected chi connectivity index (χ3v) is 9.77. The van der Waals surface area contributed by atoms with Gasteiger partial charge in [-0.25, -0.2) is 23.5 Å². The molecule has 12 heteroatoms. The van der Waals surface area contributed by atoms with E-state index in [0.29, 0.717) is 46.8 Å². The van der Waals surface area contributed by atoms with Crippen LogP contribution < -0.4 is 15.3 Å². The van der Waals surface area contributed by atoms with Crippen LogP contribution >= 0.6 is 0 Å². The van der Waals surface area contributed by atoms with E-state index in [9.17, 15) is 18.7 Å². The number of nitrogens with zero attached hydrogens (tertiary/aromatic N) is 6. The number of fused-ring (bicyclic) bond motifs is 3. The second-order valence-electron chi connectivity index (χ2n) is 12.5. The number of terminal acetylenes is 1. The predicted molar refractivity (Wildman–Crippen MR) is 178 cm³/mol. The highest BCUT2D eigenvalue weighted by Crippen LogP contribution is 2.42. The lowest BCUT2D eigenvalue weighted by Gasteiger charge is -2.47. The van der Waals surface area contributed by atoms with E-state index in [2.05, 4.69) is 30.8 Å². The molecule has 0 radical (unpaired) electrons. The Morgan fingerprint density at radius 1 is 1.17 bits per heavy atom. The van der Waals surface area contributed by atoms with Crippen LogP contribution in [-0.4, -0.2) is 74.9 Å². The van der Waals surface area contributed by atoms with Crippen LogP contribution in [0.5, 0.6) is 11.8 Å². The minimum Gasteiger partial charge on any atom is -0.508 e. The fraction of sp³-hybridized carbons (Fsp3) is 0.361. The predicted octanol–water partition coefficient (Wildman–Crippen LogP) is 5.52. The van der Waals surface area contributed by atoms with E-state index < -0.39 is 17.6 Å². The Balaban J connectivity index is 0.000000347. The summed E-state index contributed by atoms with van der Waals surface area (Å²) >= 11 is 0. The minimum atomic E-state index is -0.684. The molecule has 2 aromatic carbocycles. The quantitative estimate of drug-likeness (QED) is 0.249. The number of phenolic OH excluding ortho intramolecular Hbond substituents is 1. The number of aromatic hydroxyl groups is 1. The summed E-state index contributed by atoms with van der Waals surface area (Å²) in [7, 11) is 1.44. The van der Waals surface area contributed by atoms with E-state index >= 15 is 0 Å². The van der Waals surface area contributed by atoms with Crippen molar-refractivity contribution in [3.63, 3.8) is 0 Å². The zero-order valence-corrected chi connectivity index (χ0v) is 26.8. The van der Waals surface area contributed by atoms with Crippen LogP contribution in [0.4, 0.5) is 14.6 Å². The van der Waals surface area contributed by atoms with E-state index in [0.717, 1.165) is 18.7 Å². The maximum Gasteiger partial charge on any atom is 0.349 e. The van der Waals surface area contributed by atoms with Crippen molar-refractivity contribution in [3.8, 4) is 35.4 Å². The first kappa shape index (κ1) is 31.4. The zero-order chi connectivity index (χ0) is 33.7. The fourth-order valence-corrected chi connectivity index (χ4v) is 7.29. The van der Waals surface area contributed by atoms with Crippen molar-refractivity contribution in [2.75, 3.05) is 31.6 Å². The second kappa shape index (κ2) is 12.5. The van der Waals surface area contributed by atoms with Gasteiger partial charge in [-0.15, -0.1) is 6.42 Å². The first-order valence-electron chi connectivity index (χ1n) is 15.9. The number of benzene rings is 2. The number of phenols is 1. The van der Waals surface area contributed by atoms with Crippen molar-refractivity contribution >= 4 is 27.5 Å². The number of hydrogen-bond acceptors (Lipinski definition) is 10. The van der Waals surface area contributed by atoms with Crippen LogP contribution in [0.15, 0.2) is 52.1 Å². The molecule has 1 N–H and O–H groups in total. The third kappa shape index (κ3) is 5.38. The van der Waals surface area contributed by atoms with Crippen LogP contribution in [0.1, 0.15) is 48.9 Å². The van der Waals surface area contributed by atoms with Gasteiger partial charge in [0.1, 0.15) is 35.2 Å². The molecule has 0 aliphatic carbocycles. The average molecular weight is 653 g/mol. The molecule has 3 aliphatic rings. The highest BCUT2D eigenvalue weighted by Gasteiger charge is 2.40. The van der Waals surface area contributed by atoms with Gasteiger partial charge < -0.3 is 19.2 Å². The van der Waals surface area contributed by atoms with Crippen LogP contribution in [0.25, 0.3) is 33.0 Å². The minimum absolute atomic E-state index is 0.00392. The van der Waals surface area contributed by atoms with Crippen LogP contribution in [0.2, 0.25) is 0 Å². The molecule has 5 aromatic rings. The monoisotopic (exact) mass is 652 g/mol. The normalized spacial score (nSPS) is 21.8. The lowest BCUT2D eigenvalue weighted by Crippen LogP contribution is -2.54. The third-order valence-electron chi connectivity index (χ3n) is 9.77. The molecule has 0 bridgehead atoms. The summed E-state index contributed by atoms with van der Waals surface area (Å²) in [6, 6.07) is 8.13. The van der Waals surface area contributed by atoms with Gasteiger partial charge >= 0.3 is 11.6 Å². The molecule has 8 rings (SSSR count). The highest BCUT2D eigenvalue weighted by atomic mass is 19.1. The zero-order valence-electron chi connectivity index (χ0n) is 26.8. The van der Waals surface area contributed by atoms with Crippen molar-refractivity contribution in [2.45, 2.75) is 57.3 Å². The topological polar surface area (TPSA) is 118 Å². The number of anilines is 1. The lowest BCUT2D eigenvalue weighted by molar-refractivity contribution is 0.292. The molecule has 3 aromatic heterocycles. The highest BCUT2D eigenvalue weighted by molar-refractivity contribution is 6.03. The van der Waals surface area contributed by atoms with Crippen molar-refractivity contribution in [1.29, 1.82) is 0 Å². The molecule has 10 nitrogen and oxygen atoms in total. The van der Waals surface area contributed by atoms with Crippen molar-refractivity contribution in [1.82, 2.24) is 24.8 Å². The summed E-state index contributed by atoms with van der Waals surface area (Å²) < 4.78 is 38.5. The molecule has 0 amide bonds. The van der Waals surface area contributed by atoms with Gasteiger partial charge in [-0.2, -0.15) is 9.97 Å². The molecule has 0 spiro atoms. The van der Waals surface area contributed by atoms with Gasteiger partial charge in [0.15, 0.2) is 5.82 Å². The van der Waals surface area contributed by atoms with Crippen molar-refractivity contribution in [3.05, 3.63) is 75.9 Å². The van der Waals surface area contributed by atoms with Gasteiger partial charge in [0.25, 0.3) is 0 Å². The molecular formula is C36H34F2N6O4. The molecule has 4 unspecified atom stereocenters. The smallest absolute Gasteiger partial charge is 0.349 e. The number of rotatable bonds is 4. The molecule has 3 aliphatic heterocycles. The Bertz CT molecular complexity index is 2120. The van der Waals surface area contributed by atoms with E-state index in [1.54, 1.807) is 13.1 Å².